The van der Waals surface area contributed by atoms with Crippen LogP contribution in [0.1, 0.15) is 18.4 Å². The zero-order chi connectivity index (χ0) is 20.2. The summed E-state index contributed by atoms with van der Waals surface area (Å²) in [7, 11) is 0. The number of para-hydroxylation sites is 1. The highest BCUT2D eigenvalue weighted by molar-refractivity contribution is 5.95. The zero-order valence-corrected chi connectivity index (χ0v) is 15.7. The van der Waals surface area contributed by atoms with Gasteiger partial charge in [0.25, 0.3) is 0 Å². The zero-order valence-electron chi connectivity index (χ0n) is 15.7. The number of benzene rings is 2. The van der Waals surface area contributed by atoms with E-state index in [0.717, 1.165) is 5.56 Å². The van der Waals surface area contributed by atoms with Gasteiger partial charge in [-0.2, -0.15) is 0 Å². The average Bonchev–Trinajstić information content (AvgIpc) is 3.21. The minimum atomic E-state index is -0.515. The van der Waals surface area contributed by atoms with Gasteiger partial charge in [-0.15, -0.1) is 0 Å². The van der Waals surface area contributed by atoms with Crippen LogP contribution in [-0.2, 0) is 16.1 Å². The van der Waals surface area contributed by atoms with Crippen LogP contribution in [0.2, 0.25) is 0 Å². The molecule has 0 aliphatic carbocycles. The fraction of sp³-hybridized carbons (Fsp3) is 0.182. The van der Waals surface area contributed by atoms with Gasteiger partial charge in [0.2, 0.25) is 5.89 Å². The molecule has 0 N–H and O–H groups in total. The summed E-state index contributed by atoms with van der Waals surface area (Å²) in [4.78, 5) is 16.5. The maximum atomic E-state index is 13.0. The number of rotatable bonds is 6. The van der Waals surface area contributed by atoms with Crippen molar-refractivity contribution in [2.24, 2.45) is 0 Å². The van der Waals surface area contributed by atoms with E-state index in [2.05, 4.69) is 4.98 Å². The molecule has 1 aliphatic rings. The number of nitrogens with zero attached hydrogens (tertiary/aromatic N) is 1. The van der Waals surface area contributed by atoms with Crippen molar-refractivity contribution in [3.8, 4) is 22.8 Å². The summed E-state index contributed by atoms with van der Waals surface area (Å²) in [5.41, 5.74) is 1.82. The molecule has 7 heteroatoms. The Hall–Kier alpha value is -3.61. The summed E-state index contributed by atoms with van der Waals surface area (Å²) >= 11 is 0. The number of carbonyl (C=O) groups excluding carboxylic acids is 1. The van der Waals surface area contributed by atoms with Crippen molar-refractivity contribution in [2.45, 2.75) is 13.5 Å². The van der Waals surface area contributed by atoms with Gasteiger partial charge in [0.15, 0.2) is 23.9 Å². The highest BCUT2D eigenvalue weighted by atomic mass is 19.1. The molecule has 0 fully saturated rings. The summed E-state index contributed by atoms with van der Waals surface area (Å²) in [5, 5.41) is 0. The van der Waals surface area contributed by atoms with Crippen LogP contribution in [0.15, 0.2) is 58.7 Å². The molecule has 29 heavy (non-hydrogen) atoms. The molecule has 0 amide bonds. The standard InChI is InChI=1S/C22H18FNO5/c1-2-26-18-5-3-4-15-10-16(12-27-21(15)18)22(25)28-13-20-24-11-19(29-20)14-6-8-17(23)9-7-14/h3-11H,2,12-13H2,1H3. The van der Waals surface area contributed by atoms with Crippen LogP contribution in [-0.4, -0.2) is 24.2 Å². The molecule has 0 unspecified atom stereocenters. The molecule has 0 atom stereocenters. The van der Waals surface area contributed by atoms with Crippen LogP contribution < -0.4 is 9.47 Å². The molecule has 0 saturated heterocycles. The molecule has 2 aromatic carbocycles. The Morgan fingerprint density at radius 3 is 2.83 bits per heavy atom. The van der Waals surface area contributed by atoms with Crippen LogP contribution in [0.4, 0.5) is 4.39 Å². The van der Waals surface area contributed by atoms with E-state index >= 15 is 0 Å². The second kappa shape index (κ2) is 8.18. The van der Waals surface area contributed by atoms with E-state index in [1.54, 1.807) is 18.2 Å². The molecule has 1 aliphatic heterocycles. The monoisotopic (exact) mass is 395 g/mol. The lowest BCUT2D eigenvalue weighted by Gasteiger charge is -2.19. The summed E-state index contributed by atoms with van der Waals surface area (Å²) in [6.45, 7) is 2.38. The first kappa shape index (κ1) is 18.7. The average molecular weight is 395 g/mol. The Morgan fingerprint density at radius 1 is 1.21 bits per heavy atom. The molecular weight excluding hydrogens is 377 g/mol. The van der Waals surface area contributed by atoms with Crippen LogP contribution >= 0.6 is 0 Å². The van der Waals surface area contributed by atoms with Crippen molar-refractivity contribution in [3.63, 3.8) is 0 Å². The Labute approximate surface area is 166 Å². The third-order valence-corrected chi connectivity index (χ3v) is 4.28. The van der Waals surface area contributed by atoms with Gasteiger partial charge in [-0.25, -0.2) is 14.2 Å². The minimum Gasteiger partial charge on any atom is -0.490 e. The molecule has 6 nitrogen and oxygen atoms in total. The molecule has 0 saturated carbocycles. The fourth-order valence-corrected chi connectivity index (χ4v) is 2.91. The van der Waals surface area contributed by atoms with E-state index in [1.165, 1.54) is 18.3 Å². The normalized spacial score (nSPS) is 12.6. The predicted molar refractivity (Wildman–Crippen MR) is 103 cm³/mol. The van der Waals surface area contributed by atoms with Crippen LogP contribution in [0.5, 0.6) is 11.5 Å². The van der Waals surface area contributed by atoms with Crippen molar-refractivity contribution in [1.29, 1.82) is 0 Å². The number of aromatic nitrogens is 1. The lowest BCUT2D eigenvalue weighted by molar-refractivity contribution is -0.141. The van der Waals surface area contributed by atoms with Gasteiger partial charge in [0.1, 0.15) is 12.4 Å². The number of carbonyl (C=O) groups is 1. The smallest absolute Gasteiger partial charge is 0.338 e. The molecule has 148 valence electrons. The Kier molecular flexibility index (Phi) is 5.29. The third-order valence-electron chi connectivity index (χ3n) is 4.28. The van der Waals surface area contributed by atoms with E-state index in [9.17, 15) is 9.18 Å². The number of oxazole rings is 1. The van der Waals surface area contributed by atoms with Gasteiger partial charge in [0.05, 0.1) is 18.4 Å². The molecule has 4 rings (SSSR count). The number of hydrogen-bond acceptors (Lipinski definition) is 6. The van der Waals surface area contributed by atoms with Gasteiger partial charge in [-0.1, -0.05) is 12.1 Å². The quantitative estimate of drug-likeness (QED) is 0.576. The molecule has 3 aromatic rings. The van der Waals surface area contributed by atoms with Gasteiger partial charge in [-0.3, -0.25) is 0 Å². The SMILES string of the molecule is CCOc1cccc2c1OCC(C(=O)OCc1ncc(-c3ccc(F)cc3)o1)=C2. The number of esters is 1. The molecule has 0 radical (unpaired) electrons. The summed E-state index contributed by atoms with van der Waals surface area (Å²) in [6, 6.07) is 11.3. The van der Waals surface area contributed by atoms with E-state index in [1.807, 2.05) is 25.1 Å². The second-order valence-electron chi connectivity index (χ2n) is 6.27. The van der Waals surface area contributed by atoms with E-state index in [-0.39, 0.29) is 24.9 Å². The fourth-order valence-electron chi connectivity index (χ4n) is 2.91. The number of hydrogen-bond donors (Lipinski definition) is 0. The second-order valence-corrected chi connectivity index (χ2v) is 6.27. The van der Waals surface area contributed by atoms with Crippen LogP contribution in [0.25, 0.3) is 17.4 Å². The maximum absolute atomic E-state index is 13.0. The first-order valence-corrected chi connectivity index (χ1v) is 9.11. The number of fused-ring (bicyclic) bond motifs is 1. The van der Waals surface area contributed by atoms with Crippen LogP contribution in [0.3, 0.4) is 0 Å². The Bertz CT molecular complexity index is 1060. The highest BCUT2D eigenvalue weighted by Gasteiger charge is 2.21. The van der Waals surface area contributed by atoms with Gasteiger partial charge in [-0.05, 0) is 43.3 Å². The van der Waals surface area contributed by atoms with E-state index in [0.29, 0.717) is 35.0 Å². The van der Waals surface area contributed by atoms with Gasteiger partial charge >= 0.3 is 5.97 Å². The first-order valence-electron chi connectivity index (χ1n) is 9.11. The topological polar surface area (TPSA) is 70.8 Å². The van der Waals surface area contributed by atoms with E-state index in [4.69, 9.17) is 18.6 Å². The van der Waals surface area contributed by atoms with Crippen LogP contribution in [0, 0.1) is 5.82 Å². The maximum Gasteiger partial charge on any atom is 0.338 e. The molecule has 0 spiro atoms. The third kappa shape index (κ3) is 4.13. The Morgan fingerprint density at radius 2 is 2.03 bits per heavy atom. The lowest BCUT2D eigenvalue weighted by Crippen LogP contribution is -2.17. The minimum absolute atomic E-state index is 0.0856. The van der Waals surface area contributed by atoms with Crippen molar-refractivity contribution >= 4 is 12.0 Å². The molecule has 2 heterocycles. The van der Waals surface area contributed by atoms with Crippen molar-refractivity contribution < 1.29 is 27.8 Å². The summed E-state index contributed by atoms with van der Waals surface area (Å²) in [5.74, 6) is 1.12. The number of halogens is 1. The van der Waals surface area contributed by atoms with Gasteiger partial charge < -0.3 is 18.6 Å². The lowest BCUT2D eigenvalue weighted by atomic mass is 10.1. The largest absolute Gasteiger partial charge is 0.490 e. The number of ether oxygens (including phenoxy) is 3. The van der Waals surface area contributed by atoms with Crippen molar-refractivity contribution in [3.05, 3.63) is 71.5 Å². The Balaban J connectivity index is 1.42. The van der Waals surface area contributed by atoms with Crippen molar-refractivity contribution in [1.82, 2.24) is 4.98 Å². The highest BCUT2D eigenvalue weighted by Crippen LogP contribution is 2.36. The predicted octanol–water partition coefficient (Wildman–Crippen LogP) is 4.40. The molecular formula is C22H18FNO5. The molecule has 0 bridgehead atoms. The van der Waals surface area contributed by atoms with E-state index < -0.39 is 5.97 Å². The van der Waals surface area contributed by atoms with Gasteiger partial charge in [0, 0.05) is 11.1 Å². The molecule has 1 aromatic heterocycles. The first-order chi connectivity index (χ1) is 14.1. The van der Waals surface area contributed by atoms with Crippen molar-refractivity contribution in [2.75, 3.05) is 13.2 Å². The summed E-state index contributed by atoms with van der Waals surface area (Å²) in [6.07, 6.45) is 3.23. The summed E-state index contributed by atoms with van der Waals surface area (Å²) < 4.78 is 35.1.